The highest BCUT2D eigenvalue weighted by atomic mass is 19.4. The van der Waals surface area contributed by atoms with Gasteiger partial charge in [0.15, 0.2) is 11.5 Å². The highest BCUT2D eigenvalue weighted by Crippen LogP contribution is 2.39. The number of carboxylic acids is 1. The molecule has 0 saturated heterocycles. The Morgan fingerprint density at radius 1 is 1.13 bits per heavy atom. The maximum absolute atomic E-state index is 13.0. The third kappa shape index (κ3) is 3.94. The van der Waals surface area contributed by atoms with Crippen LogP contribution in [0.3, 0.4) is 0 Å². The lowest BCUT2D eigenvalue weighted by Gasteiger charge is -2.16. The third-order valence-corrected chi connectivity index (χ3v) is 3.08. The van der Waals surface area contributed by atoms with E-state index in [1.807, 2.05) is 0 Å². The number of benzene rings is 2. The number of hydrogen-bond donors (Lipinski definition) is 1. The van der Waals surface area contributed by atoms with Gasteiger partial charge in [0.1, 0.15) is 6.61 Å². The van der Waals surface area contributed by atoms with Crippen LogP contribution in [-0.2, 0) is 12.8 Å². The molecular formula is C16H13F3O4. The Morgan fingerprint density at radius 3 is 2.30 bits per heavy atom. The molecule has 2 aromatic carbocycles. The minimum absolute atomic E-state index is 0.0287. The molecule has 4 nitrogen and oxygen atoms in total. The molecule has 0 amide bonds. The van der Waals surface area contributed by atoms with Gasteiger partial charge in [-0.15, -0.1) is 0 Å². The van der Waals surface area contributed by atoms with Crippen molar-refractivity contribution in [3.05, 3.63) is 59.2 Å². The summed E-state index contributed by atoms with van der Waals surface area (Å²) in [5.74, 6) is -1.94. The van der Waals surface area contributed by atoms with Crippen LogP contribution >= 0.6 is 0 Å². The van der Waals surface area contributed by atoms with Crippen molar-refractivity contribution in [3.63, 3.8) is 0 Å². The van der Waals surface area contributed by atoms with Crippen LogP contribution in [0, 0.1) is 0 Å². The Kier molecular flexibility index (Phi) is 4.78. The largest absolute Gasteiger partial charge is 0.493 e. The van der Waals surface area contributed by atoms with E-state index in [2.05, 4.69) is 0 Å². The van der Waals surface area contributed by atoms with Crippen LogP contribution in [0.25, 0.3) is 0 Å². The van der Waals surface area contributed by atoms with Crippen molar-refractivity contribution >= 4 is 5.97 Å². The van der Waals surface area contributed by atoms with Crippen molar-refractivity contribution in [2.24, 2.45) is 0 Å². The smallest absolute Gasteiger partial charge is 0.417 e. The molecule has 0 fully saturated rings. The quantitative estimate of drug-likeness (QED) is 0.902. The third-order valence-electron chi connectivity index (χ3n) is 3.08. The summed E-state index contributed by atoms with van der Waals surface area (Å²) in [5.41, 5.74) is -1.42. The highest BCUT2D eigenvalue weighted by molar-refractivity contribution is 5.90. The van der Waals surface area contributed by atoms with Crippen LogP contribution in [0.5, 0.6) is 11.5 Å². The predicted molar refractivity (Wildman–Crippen MR) is 75.7 cm³/mol. The molecule has 0 heterocycles. The fourth-order valence-electron chi connectivity index (χ4n) is 1.98. The van der Waals surface area contributed by atoms with E-state index in [1.54, 1.807) is 30.3 Å². The molecule has 0 aliphatic heterocycles. The van der Waals surface area contributed by atoms with Crippen molar-refractivity contribution in [3.8, 4) is 11.5 Å². The van der Waals surface area contributed by atoms with Crippen LogP contribution < -0.4 is 9.47 Å². The van der Waals surface area contributed by atoms with Crippen molar-refractivity contribution < 1.29 is 32.5 Å². The first kappa shape index (κ1) is 16.7. The molecular weight excluding hydrogens is 313 g/mol. The number of halogens is 3. The van der Waals surface area contributed by atoms with Gasteiger partial charge in [-0.2, -0.15) is 13.2 Å². The SMILES string of the molecule is COc1cc(C(=O)O)c(C(F)(F)F)cc1OCc1ccccc1. The number of alkyl halides is 3. The Labute approximate surface area is 130 Å². The fourth-order valence-corrected chi connectivity index (χ4v) is 1.98. The molecule has 0 aliphatic carbocycles. The van der Waals surface area contributed by atoms with Gasteiger partial charge in [0.25, 0.3) is 0 Å². The molecule has 2 rings (SSSR count). The zero-order valence-electron chi connectivity index (χ0n) is 12.1. The van der Waals surface area contributed by atoms with E-state index in [1.165, 1.54) is 7.11 Å². The minimum atomic E-state index is -4.81. The molecule has 0 atom stereocenters. The molecule has 7 heteroatoms. The molecule has 0 radical (unpaired) electrons. The summed E-state index contributed by atoms with van der Waals surface area (Å²) in [7, 11) is 1.23. The lowest BCUT2D eigenvalue weighted by molar-refractivity contribution is -0.138. The van der Waals surface area contributed by atoms with Gasteiger partial charge >= 0.3 is 12.1 Å². The normalized spacial score (nSPS) is 11.1. The second kappa shape index (κ2) is 6.60. The van der Waals surface area contributed by atoms with E-state index in [-0.39, 0.29) is 18.1 Å². The second-order valence-electron chi connectivity index (χ2n) is 4.63. The Hall–Kier alpha value is -2.70. The van der Waals surface area contributed by atoms with Crippen LogP contribution in [0.15, 0.2) is 42.5 Å². The van der Waals surface area contributed by atoms with Crippen LogP contribution in [0.4, 0.5) is 13.2 Å². The molecule has 0 aromatic heterocycles. The molecule has 0 saturated carbocycles. The number of rotatable bonds is 5. The first-order chi connectivity index (χ1) is 10.8. The lowest BCUT2D eigenvalue weighted by atomic mass is 10.1. The van der Waals surface area contributed by atoms with Gasteiger partial charge in [0.2, 0.25) is 0 Å². The maximum Gasteiger partial charge on any atom is 0.417 e. The zero-order chi connectivity index (χ0) is 17.0. The summed E-state index contributed by atoms with van der Waals surface area (Å²) in [6.45, 7) is 0.0287. The molecule has 2 aromatic rings. The van der Waals surface area contributed by atoms with Gasteiger partial charge in [-0.25, -0.2) is 4.79 Å². The molecule has 1 N–H and O–H groups in total. The second-order valence-corrected chi connectivity index (χ2v) is 4.63. The number of aromatic carboxylic acids is 1. The maximum atomic E-state index is 13.0. The van der Waals surface area contributed by atoms with E-state index < -0.39 is 23.3 Å². The van der Waals surface area contributed by atoms with Crippen LogP contribution in [-0.4, -0.2) is 18.2 Å². The number of hydrogen-bond acceptors (Lipinski definition) is 3. The van der Waals surface area contributed by atoms with Crippen molar-refractivity contribution in [1.29, 1.82) is 0 Å². The summed E-state index contributed by atoms with van der Waals surface area (Å²) in [5, 5.41) is 8.95. The molecule has 23 heavy (non-hydrogen) atoms. The summed E-state index contributed by atoms with van der Waals surface area (Å²) < 4.78 is 49.4. The van der Waals surface area contributed by atoms with Gasteiger partial charge in [-0.3, -0.25) is 0 Å². The molecule has 0 unspecified atom stereocenters. The lowest BCUT2D eigenvalue weighted by Crippen LogP contribution is -2.14. The van der Waals surface area contributed by atoms with Gasteiger partial charge < -0.3 is 14.6 Å². The number of methoxy groups -OCH3 is 1. The van der Waals surface area contributed by atoms with Gasteiger partial charge in [0.05, 0.1) is 18.2 Å². The average Bonchev–Trinajstić information content (AvgIpc) is 2.52. The number of carbonyl (C=O) groups is 1. The van der Waals surface area contributed by atoms with Crippen LogP contribution in [0.2, 0.25) is 0 Å². The van der Waals surface area contributed by atoms with Crippen molar-refractivity contribution in [1.82, 2.24) is 0 Å². The van der Waals surface area contributed by atoms with Gasteiger partial charge in [-0.1, -0.05) is 30.3 Å². The topological polar surface area (TPSA) is 55.8 Å². The molecule has 0 aliphatic rings. The number of ether oxygens (including phenoxy) is 2. The minimum Gasteiger partial charge on any atom is -0.493 e. The van der Waals surface area contributed by atoms with E-state index in [0.29, 0.717) is 6.07 Å². The Morgan fingerprint density at radius 2 is 1.78 bits per heavy atom. The summed E-state index contributed by atoms with van der Waals surface area (Å²) in [6.07, 6.45) is -4.81. The standard InChI is InChI=1S/C16H13F3O4/c1-22-13-7-11(15(20)21)12(16(17,18)19)8-14(13)23-9-10-5-3-2-4-6-10/h2-8H,9H2,1H3,(H,20,21). The van der Waals surface area contributed by atoms with E-state index in [9.17, 15) is 18.0 Å². The first-order valence-electron chi connectivity index (χ1n) is 6.52. The van der Waals surface area contributed by atoms with Crippen LogP contribution in [0.1, 0.15) is 21.5 Å². The summed E-state index contributed by atoms with van der Waals surface area (Å²) >= 11 is 0. The molecule has 0 spiro atoms. The van der Waals surface area contributed by atoms with Crippen molar-refractivity contribution in [2.45, 2.75) is 12.8 Å². The first-order valence-corrected chi connectivity index (χ1v) is 6.52. The fraction of sp³-hybridized carbons (Fsp3) is 0.188. The van der Waals surface area contributed by atoms with E-state index in [0.717, 1.165) is 11.6 Å². The Balaban J connectivity index is 2.40. The highest BCUT2D eigenvalue weighted by Gasteiger charge is 2.37. The molecule has 122 valence electrons. The average molecular weight is 326 g/mol. The van der Waals surface area contributed by atoms with Crippen molar-refractivity contribution in [2.75, 3.05) is 7.11 Å². The monoisotopic (exact) mass is 326 g/mol. The predicted octanol–water partition coefficient (Wildman–Crippen LogP) is 3.99. The summed E-state index contributed by atoms with van der Waals surface area (Å²) in [4.78, 5) is 11.0. The molecule has 0 bridgehead atoms. The summed E-state index contributed by atoms with van der Waals surface area (Å²) in [6, 6.07) is 10.3. The zero-order valence-corrected chi connectivity index (χ0v) is 12.1. The Bertz CT molecular complexity index is 696. The number of carboxylic acid groups (broad SMARTS) is 1. The van der Waals surface area contributed by atoms with E-state index in [4.69, 9.17) is 14.6 Å². The van der Waals surface area contributed by atoms with Gasteiger partial charge in [0, 0.05) is 0 Å². The van der Waals surface area contributed by atoms with E-state index >= 15 is 0 Å². The van der Waals surface area contributed by atoms with Gasteiger partial charge in [-0.05, 0) is 17.7 Å².